The molecular weight excluding hydrogens is 334 g/mol. The molecule has 1 aliphatic rings. The molecule has 0 N–H and O–H groups in total. The Morgan fingerprint density at radius 3 is 3.05 bits per heavy atom. The lowest BCUT2D eigenvalue weighted by molar-refractivity contribution is 0.0526. The molecule has 0 bridgehead atoms. The number of alkyl halides is 1. The molecule has 0 fully saturated rings. The third-order valence-corrected chi connectivity index (χ3v) is 4.36. The van der Waals surface area contributed by atoms with Gasteiger partial charge in [-0.15, -0.1) is 0 Å². The van der Waals surface area contributed by atoms with Crippen LogP contribution in [0.15, 0.2) is 18.2 Å². The number of esters is 1. The second kappa shape index (κ2) is 5.64. The third kappa shape index (κ3) is 2.50. The van der Waals surface area contributed by atoms with Gasteiger partial charge in [0.15, 0.2) is 0 Å². The van der Waals surface area contributed by atoms with Crippen molar-refractivity contribution in [3.63, 3.8) is 0 Å². The summed E-state index contributed by atoms with van der Waals surface area (Å²) in [4.78, 5) is 16.5. The predicted octanol–water partition coefficient (Wildman–Crippen LogP) is 3.42. The monoisotopic (exact) mass is 349 g/mol. The molecule has 1 atom stereocenters. The first-order valence-electron chi connectivity index (χ1n) is 6.97. The largest absolute Gasteiger partial charge is 0.488 e. The SMILES string of the molecule is CCOC(=O)c1ccc2nc(C)c3c(c2c1)O[C@@H](CBr)C3. The Morgan fingerprint density at radius 1 is 1.52 bits per heavy atom. The van der Waals surface area contributed by atoms with E-state index in [0.29, 0.717) is 12.2 Å². The van der Waals surface area contributed by atoms with Crippen molar-refractivity contribution in [2.75, 3.05) is 11.9 Å². The number of ether oxygens (including phenoxy) is 2. The highest BCUT2D eigenvalue weighted by atomic mass is 79.9. The molecule has 0 saturated heterocycles. The summed E-state index contributed by atoms with van der Waals surface area (Å²) in [7, 11) is 0. The normalized spacial score (nSPS) is 16.6. The maximum Gasteiger partial charge on any atom is 0.338 e. The Morgan fingerprint density at radius 2 is 2.33 bits per heavy atom. The van der Waals surface area contributed by atoms with Gasteiger partial charge in [-0.25, -0.2) is 4.79 Å². The minimum atomic E-state index is -0.316. The topological polar surface area (TPSA) is 48.4 Å². The van der Waals surface area contributed by atoms with Crippen molar-refractivity contribution >= 4 is 32.8 Å². The zero-order valence-electron chi connectivity index (χ0n) is 12.0. The Bertz CT molecular complexity index is 714. The van der Waals surface area contributed by atoms with Crippen LogP contribution in [-0.2, 0) is 11.2 Å². The predicted molar refractivity (Wildman–Crippen MR) is 84.4 cm³/mol. The summed E-state index contributed by atoms with van der Waals surface area (Å²) >= 11 is 3.46. The average Bonchev–Trinajstić information content (AvgIpc) is 2.92. The lowest BCUT2D eigenvalue weighted by Gasteiger charge is -2.10. The van der Waals surface area contributed by atoms with Gasteiger partial charge in [-0.1, -0.05) is 15.9 Å². The molecule has 0 spiro atoms. The van der Waals surface area contributed by atoms with E-state index < -0.39 is 0 Å². The highest BCUT2D eigenvalue weighted by molar-refractivity contribution is 9.09. The summed E-state index contributed by atoms with van der Waals surface area (Å²) in [6.07, 6.45) is 0.969. The van der Waals surface area contributed by atoms with Crippen LogP contribution in [0.4, 0.5) is 0 Å². The zero-order valence-corrected chi connectivity index (χ0v) is 13.6. The first-order chi connectivity index (χ1) is 10.1. The standard InChI is InChI=1S/C16H16BrNO3/c1-3-20-16(19)10-4-5-14-13(6-10)15-12(9(2)18-14)7-11(8-17)21-15/h4-6,11H,3,7-8H2,1-2H3/t11-/m1/s1. The number of hydrogen-bond donors (Lipinski definition) is 0. The maximum absolute atomic E-state index is 11.9. The summed E-state index contributed by atoms with van der Waals surface area (Å²) in [5.41, 5.74) is 3.50. The van der Waals surface area contributed by atoms with Gasteiger partial charge in [0.1, 0.15) is 11.9 Å². The molecule has 0 aliphatic carbocycles. The minimum absolute atomic E-state index is 0.123. The zero-order chi connectivity index (χ0) is 15.0. The molecule has 1 aromatic heterocycles. The van der Waals surface area contributed by atoms with Gasteiger partial charge in [-0.05, 0) is 32.0 Å². The van der Waals surface area contributed by atoms with Crippen LogP contribution in [-0.4, -0.2) is 29.0 Å². The summed E-state index contributed by atoms with van der Waals surface area (Å²) in [5, 5.41) is 1.66. The first-order valence-corrected chi connectivity index (χ1v) is 8.09. The van der Waals surface area contributed by atoms with E-state index in [1.807, 2.05) is 19.1 Å². The molecule has 2 aromatic rings. The summed E-state index contributed by atoms with van der Waals surface area (Å²) in [6.45, 7) is 4.16. The Labute approximate surface area is 131 Å². The van der Waals surface area contributed by atoms with E-state index in [-0.39, 0.29) is 12.1 Å². The number of fused-ring (bicyclic) bond motifs is 3. The fourth-order valence-electron chi connectivity index (χ4n) is 2.63. The molecule has 0 unspecified atom stereocenters. The number of rotatable bonds is 3. The molecule has 21 heavy (non-hydrogen) atoms. The van der Waals surface area contributed by atoms with Gasteiger partial charge in [-0.2, -0.15) is 0 Å². The minimum Gasteiger partial charge on any atom is -0.488 e. The van der Waals surface area contributed by atoms with E-state index in [4.69, 9.17) is 9.47 Å². The van der Waals surface area contributed by atoms with Crippen molar-refractivity contribution in [1.29, 1.82) is 0 Å². The van der Waals surface area contributed by atoms with Crippen molar-refractivity contribution in [1.82, 2.24) is 4.98 Å². The first kappa shape index (κ1) is 14.3. The van der Waals surface area contributed by atoms with Crippen molar-refractivity contribution in [2.45, 2.75) is 26.4 Å². The molecule has 0 amide bonds. The lowest BCUT2D eigenvalue weighted by atomic mass is 10.0. The Balaban J connectivity index is 2.13. The van der Waals surface area contributed by atoms with Crippen LogP contribution in [0.1, 0.15) is 28.5 Å². The second-order valence-electron chi connectivity index (χ2n) is 5.06. The van der Waals surface area contributed by atoms with Crippen LogP contribution in [0, 0.1) is 6.92 Å². The van der Waals surface area contributed by atoms with Crippen LogP contribution >= 0.6 is 15.9 Å². The second-order valence-corrected chi connectivity index (χ2v) is 5.70. The molecule has 1 aromatic carbocycles. The van der Waals surface area contributed by atoms with E-state index in [2.05, 4.69) is 20.9 Å². The number of benzene rings is 1. The number of carbonyl (C=O) groups excluding carboxylic acids is 1. The van der Waals surface area contributed by atoms with Crippen LogP contribution in [0.2, 0.25) is 0 Å². The third-order valence-electron chi connectivity index (χ3n) is 3.64. The number of halogens is 1. The number of aryl methyl sites for hydroxylation is 1. The molecule has 0 radical (unpaired) electrons. The highest BCUT2D eigenvalue weighted by Crippen LogP contribution is 2.38. The molecule has 110 valence electrons. The number of aromatic nitrogens is 1. The van der Waals surface area contributed by atoms with Gasteiger partial charge in [0.05, 0.1) is 17.7 Å². The van der Waals surface area contributed by atoms with Crippen molar-refractivity contribution in [2.24, 2.45) is 0 Å². The van der Waals surface area contributed by atoms with Crippen LogP contribution in [0.25, 0.3) is 10.9 Å². The van der Waals surface area contributed by atoms with Gasteiger partial charge in [0, 0.05) is 28.4 Å². The van der Waals surface area contributed by atoms with E-state index in [1.165, 1.54) is 0 Å². The van der Waals surface area contributed by atoms with E-state index in [0.717, 1.165) is 39.7 Å². The summed E-state index contributed by atoms with van der Waals surface area (Å²) < 4.78 is 11.1. The average molecular weight is 350 g/mol. The quantitative estimate of drug-likeness (QED) is 0.629. The molecular formula is C16H16BrNO3. The maximum atomic E-state index is 11.9. The lowest BCUT2D eigenvalue weighted by Crippen LogP contribution is -2.13. The van der Waals surface area contributed by atoms with Crippen LogP contribution in [0.3, 0.4) is 0 Å². The fourth-order valence-corrected chi connectivity index (χ4v) is 2.99. The van der Waals surface area contributed by atoms with Crippen molar-refractivity contribution in [3.8, 4) is 5.75 Å². The Hall–Kier alpha value is -1.62. The summed E-state index contributed by atoms with van der Waals surface area (Å²) in [5.74, 6) is 0.539. The molecule has 2 heterocycles. The van der Waals surface area contributed by atoms with Crippen molar-refractivity contribution in [3.05, 3.63) is 35.0 Å². The number of nitrogens with zero attached hydrogens (tertiary/aromatic N) is 1. The Kier molecular flexibility index (Phi) is 3.85. The van der Waals surface area contributed by atoms with E-state index in [9.17, 15) is 4.79 Å². The van der Waals surface area contributed by atoms with Crippen LogP contribution in [0.5, 0.6) is 5.75 Å². The summed E-state index contributed by atoms with van der Waals surface area (Å²) in [6, 6.07) is 5.41. The van der Waals surface area contributed by atoms with Gasteiger partial charge in [-0.3, -0.25) is 4.98 Å². The molecule has 0 saturated carbocycles. The number of hydrogen-bond acceptors (Lipinski definition) is 4. The van der Waals surface area contributed by atoms with E-state index in [1.54, 1.807) is 13.0 Å². The van der Waals surface area contributed by atoms with Gasteiger partial charge in [0.25, 0.3) is 0 Å². The van der Waals surface area contributed by atoms with E-state index >= 15 is 0 Å². The molecule has 4 nitrogen and oxygen atoms in total. The van der Waals surface area contributed by atoms with Gasteiger partial charge >= 0.3 is 5.97 Å². The number of carbonyl (C=O) groups is 1. The smallest absolute Gasteiger partial charge is 0.338 e. The molecule has 5 heteroatoms. The molecule has 3 rings (SSSR count). The van der Waals surface area contributed by atoms with Crippen LogP contribution < -0.4 is 4.74 Å². The molecule has 1 aliphatic heterocycles. The van der Waals surface area contributed by atoms with Gasteiger partial charge in [0.2, 0.25) is 0 Å². The van der Waals surface area contributed by atoms with Gasteiger partial charge < -0.3 is 9.47 Å². The fraction of sp³-hybridized carbons (Fsp3) is 0.375. The van der Waals surface area contributed by atoms with Crippen molar-refractivity contribution < 1.29 is 14.3 Å². The highest BCUT2D eigenvalue weighted by Gasteiger charge is 2.27. The number of pyridine rings is 1.